The molecule has 1 rings (SSSR count). The van der Waals surface area contributed by atoms with Crippen molar-refractivity contribution in [1.29, 1.82) is 0 Å². The van der Waals surface area contributed by atoms with Gasteiger partial charge in [-0.1, -0.05) is 57.6 Å². The second-order valence-corrected chi connectivity index (χ2v) is 8.21. The van der Waals surface area contributed by atoms with Crippen LogP contribution in [0.3, 0.4) is 0 Å². The normalized spacial score (nSPS) is 10.4. The van der Waals surface area contributed by atoms with Gasteiger partial charge in [0.1, 0.15) is 5.75 Å². The van der Waals surface area contributed by atoms with Crippen LogP contribution in [0.15, 0.2) is 24.3 Å². The van der Waals surface area contributed by atoms with Gasteiger partial charge in [0.15, 0.2) is 0 Å². The molecular weight excluding hydrogens is 538 g/mol. The Balaban J connectivity index is -0.000000128. The molecule has 1 aromatic rings. The fourth-order valence-corrected chi connectivity index (χ4v) is 1.95. The van der Waals surface area contributed by atoms with E-state index in [1.54, 1.807) is 12.1 Å². The fraction of sp³-hybridized carbons (Fsp3) is 0.600. The number of benzene rings is 1. The third kappa shape index (κ3) is 80.0. The van der Waals surface area contributed by atoms with Gasteiger partial charge in [-0.05, 0) is 30.5 Å². The predicted octanol–water partition coefficient (Wildman–Crippen LogP) is -0.0903. The molecule has 186 valence electrons. The third-order valence-electron chi connectivity index (χ3n) is 3.01. The molecule has 0 aromatic heterocycles. The molecule has 18 heteroatoms. The van der Waals surface area contributed by atoms with Crippen molar-refractivity contribution in [3.05, 3.63) is 29.8 Å². The molecule has 0 heterocycles. The summed E-state index contributed by atoms with van der Waals surface area (Å²) < 4.78 is 102. The minimum absolute atomic E-state index is 0. The maximum Gasteiger partial charge on any atom is 3.00 e. The second-order valence-electron chi connectivity index (χ2n) is 5.76. The summed E-state index contributed by atoms with van der Waals surface area (Å²) in [6.07, 6.45) is 10.6. The monoisotopic (exact) mass is 562 g/mol. The van der Waals surface area contributed by atoms with Crippen LogP contribution in [0.4, 0.5) is 0 Å². The Hall–Kier alpha value is -0.305. The number of aromatic hydroxyl groups is 1. The van der Waals surface area contributed by atoms with E-state index in [9.17, 15) is 0 Å². The molecule has 1 N–H and O–H groups in total. The number of rotatable bonds is 8. The maximum absolute atomic E-state index is 9.15. The Morgan fingerprint density at radius 3 is 1.18 bits per heavy atom. The van der Waals surface area contributed by atoms with Crippen LogP contribution in [0.2, 0.25) is 0 Å². The Morgan fingerprint density at radius 1 is 0.606 bits per heavy atom. The van der Waals surface area contributed by atoms with E-state index < -0.39 is 31.2 Å². The first-order valence-corrected chi connectivity index (χ1v) is 12.6. The molecule has 0 amide bonds. The molecule has 1 aromatic carbocycles. The van der Waals surface area contributed by atoms with E-state index in [1.165, 1.54) is 50.5 Å². The molecule has 0 fully saturated rings. The summed E-state index contributed by atoms with van der Waals surface area (Å²) in [5, 5.41) is 9.15. The Labute approximate surface area is 216 Å². The molecule has 0 unspecified atom stereocenters. The zero-order valence-corrected chi connectivity index (χ0v) is 22.5. The van der Waals surface area contributed by atoms with Crippen LogP contribution in [0.5, 0.6) is 5.75 Å². The van der Waals surface area contributed by atoms with Gasteiger partial charge < -0.3 is 32.4 Å². The zero-order chi connectivity index (χ0) is 25.1. The molecule has 0 spiro atoms. The summed E-state index contributed by atoms with van der Waals surface area (Å²) in [5.41, 5.74) is 1.34. The van der Waals surface area contributed by atoms with Crippen LogP contribution in [0.1, 0.15) is 57.4 Å². The molecule has 0 aliphatic heterocycles. The van der Waals surface area contributed by atoms with E-state index >= 15 is 0 Å². The number of aryl methyl sites for hydroxylation is 1. The van der Waals surface area contributed by atoms with Crippen molar-refractivity contribution in [2.75, 3.05) is 0 Å². The minimum Gasteiger partial charge on any atom is -0.759 e. The van der Waals surface area contributed by atoms with Crippen molar-refractivity contribution < 1.29 is 57.7 Å². The first-order valence-electron chi connectivity index (χ1n) is 8.61. The fourth-order valence-electron chi connectivity index (χ4n) is 1.95. The topological polar surface area (TPSA) is 261 Å². The Bertz CT molecular complexity index is 777. The molecule has 0 radical (unpaired) electrons. The molecule has 0 saturated carbocycles. The number of phenols is 1. The number of hydrogen-bond acceptors (Lipinski definition) is 13. The van der Waals surface area contributed by atoms with Crippen molar-refractivity contribution >= 4 is 65.9 Å². The number of phenolic OH excluding ortho intramolecular Hbond substituents is 1. The van der Waals surface area contributed by atoms with E-state index in [-0.39, 0.29) is 34.7 Å². The first-order chi connectivity index (χ1) is 13.8. The largest absolute Gasteiger partial charge is 3.00 e. The standard InChI is InChI=1S/C15H24O.2Al.3H2O4S/c1-2-3-4-5-6-7-8-9-14-10-12-15(16)13-11-14;;;3*1-5(2,3)4/h10-13,16H,2-9H2,1H3;;;3*(H2,1,2,3,4)/q;2*+3;;;/p-6. The summed E-state index contributed by atoms with van der Waals surface area (Å²) in [7, 11) is -15.5. The molecule has 13 nitrogen and oxygen atoms in total. The quantitative estimate of drug-likeness (QED) is 0.188. The molecule has 0 aliphatic rings. The van der Waals surface area contributed by atoms with Gasteiger partial charge in [0.05, 0.1) is 0 Å². The van der Waals surface area contributed by atoms with Crippen molar-refractivity contribution in [3.63, 3.8) is 0 Å². The Kier molecular flexibility index (Phi) is 30.4. The van der Waals surface area contributed by atoms with Crippen LogP contribution in [-0.4, -0.2) is 92.4 Å². The molecule has 0 bridgehead atoms. The molecular formula is C15H24Al2O13S3. The van der Waals surface area contributed by atoms with Crippen molar-refractivity contribution in [2.45, 2.75) is 58.3 Å². The van der Waals surface area contributed by atoms with E-state index in [1.807, 2.05) is 12.1 Å². The van der Waals surface area contributed by atoms with Gasteiger partial charge in [0.25, 0.3) is 0 Å². The molecule has 0 aliphatic carbocycles. The minimum atomic E-state index is -5.17. The summed E-state index contributed by atoms with van der Waals surface area (Å²) in [5.74, 6) is 0.364. The van der Waals surface area contributed by atoms with Gasteiger partial charge in [-0.15, -0.1) is 0 Å². The summed E-state index contributed by atoms with van der Waals surface area (Å²) in [6, 6.07) is 7.59. The van der Waals surface area contributed by atoms with Crippen molar-refractivity contribution in [1.82, 2.24) is 0 Å². The van der Waals surface area contributed by atoms with Crippen molar-refractivity contribution in [2.24, 2.45) is 0 Å². The first kappa shape index (κ1) is 42.8. The zero-order valence-electron chi connectivity index (χ0n) is 17.7. The summed E-state index contributed by atoms with van der Waals surface area (Å²) in [6.45, 7) is 2.25. The van der Waals surface area contributed by atoms with E-state index in [2.05, 4.69) is 6.92 Å². The van der Waals surface area contributed by atoms with E-state index in [4.69, 9.17) is 57.7 Å². The van der Waals surface area contributed by atoms with E-state index in [0.717, 1.165) is 6.42 Å². The average Bonchev–Trinajstić information content (AvgIpc) is 2.51. The maximum atomic E-state index is 9.15. The Morgan fingerprint density at radius 2 is 0.879 bits per heavy atom. The summed E-state index contributed by atoms with van der Waals surface area (Å²) in [4.78, 5) is 0. The number of unbranched alkanes of at least 4 members (excludes halogenated alkanes) is 6. The third-order valence-corrected chi connectivity index (χ3v) is 3.01. The second kappa shape index (κ2) is 23.4. The molecule has 0 saturated heterocycles. The van der Waals surface area contributed by atoms with Gasteiger partial charge in [-0.2, -0.15) is 0 Å². The smallest absolute Gasteiger partial charge is 0.759 e. The van der Waals surface area contributed by atoms with Crippen molar-refractivity contribution in [3.8, 4) is 5.75 Å². The average molecular weight is 563 g/mol. The van der Waals surface area contributed by atoms with Crippen LogP contribution in [-0.2, 0) is 37.6 Å². The van der Waals surface area contributed by atoms with Gasteiger partial charge in [-0.3, -0.25) is 25.3 Å². The summed E-state index contributed by atoms with van der Waals surface area (Å²) >= 11 is 0. The molecule has 0 atom stereocenters. The van der Waals surface area contributed by atoms with Crippen LogP contribution in [0.25, 0.3) is 0 Å². The van der Waals surface area contributed by atoms with Crippen LogP contribution >= 0.6 is 0 Å². The SMILES string of the molecule is CCCCCCCCCc1ccc(O)cc1.O=S(=O)([O-])[O-].O=S(=O)([O-])[O-].O=S(=O)([O-])[O-].[Al+3].[Al+3]. The van der Waals surface area contributed by atoms with E-state index in [0.29, 0.717) is 5.75 Å². The van der Waals surface area contributed by atoms with Gasteiger partial charge >= 0.3 is 34.7 Å². The van der Waals surface area contributed by atoms with Gasteiger partial charge in [0.2, 0.25) is 0 Å². The predicted molar refractivity (Wildman–Crippen MR) is 113 cm³/mol. The van der Waals surface area contributed by atoms with Crippen LogP contribution in [0, 0.1) is 0 Å². The molecule has 33 heavy (non-hydrogen) atoms. The van der Waals surface area contributed by atoms with Gasteiger partial charge in [-0.25, -0.2) is 0 Å². The number of hydrogen-bond donors (Lipinski definition) is 1. The van der Waals surface area contributed by atoms with Gasteiger partial charge in [0, 0.05) is 31.2 Å². The van der Waals surface area contributed by atoms with Crippen LogP contribution < -0.4 is 0 Å².